The minimum atomic E-state index is -3.72. The number of nitrogens with one attached hydrogen (secondary N) is 2. The van der Waals surface area contributed by atoms with Crippen LogP contribution in [-0.4, -0.2) is 27.6 Å². The number of hydrogen-bond acceptors (Lipinski definition) is 6. The number of benzene rings is 2. The number of aromatic nitrogens is 1. The number of pyridine rings is 1. The highest BCUT2D eigenvalue weighted by atomic mass is 32.2. The Morgan fingerprint density at radius 1 is 0.929 bits per heavy atom. The summed E-state index contributed by atoms with van der Waals surface area (Å²) >= 11 is 0. The first-order chi connectivity index (χ1) is 13.4. The first kappa shape index (κ1) is 19.5. The second-order valence-corrected chi connectivity index (χ2v) is 7.71. The second-order valence-electron chi connectivity index (χ2n) is 6.03. The van der Waals surface area contributed by atoms with E-state index in [2.05, 4.69) is 15.0 Å². The fraction of sp³-hybridized carbons (Fsp3) is 0.150. The highest BCUT2D eigenvalue weighted by Crippen LogP contribution is 2.24. The molecule has 8 heteroatoms. The molecule has 146 valence electrons. The SMILES string of the molecule is COc1cccc(Nc2ccc(NS(=O)(=O)c3ccc(OC)c(C)c3)cn2)c1. The molecule has 0 bridgehead atoms. The summed E-state index contributed by atoms with van der Waals surface area (Å²) in [6.07, 6.45) is 1.45. The summed E-state index contributed by atoms with van der Waals surface area (Å²) < 4.78 is 38.1. The summed E-state index contributed by atoms with van der Waals surface area (Å²) in [7, 11) is -0.581. The van der Waals surface area contributed by atoms with Crippen LogP contribution in [0, 0.1) is 6.92 Å². The molecular formula is C20H21N3O4S. The van der Waals surface area contributed by atoms with Gasteiger partial charge in [-0.05, 0) is 55.0 Å². The normalized spacial score (nSPS) is 11.0. The number of anilines is 3. The van der Waals surface area contributed by atoms with Crippen LogP contribution in [0.5, 0.6) is 11.5 Å². The van der Waals surface area contributed by atoms with E-state index in [1.807, 2.05) is 24.3 Å². The number of rotatable bonds is 7. The number of aryl methyl sites for hydroxylation is 1. The number of methoxy groups -OCH3 is 2. The fourth-order valence-electron chi connectivity index (χ4n) is 2.61. The van der Waals surface area contributed by atoms with Gasteiger partial charge in [-0.1, -0.05) is 6.07 Å². The minimum absolute atomic E-state index is 0.157. The first-order valence-electron chi connectivity index (χ1n) is 8.46. The van der Waals surface area contributed by atoms with E-state index < -0.39 is 10.0 Å². The van der Waals surface area contributed by atoms with Gasteiger partial charge in [0.25, 0.3) is 10.0 Å². The summed E-state index contributed by atoms with van der Waals surface area (Å²) in [6, 6.07) is 15.5. The smallest absolute Gasteiger partial charge is 0.261 e. The molecule has 0 saturated heterocycles. The van der Waals surface area contributed by atoms with Crippen LogP contribution < -0.4 is 19.5 Å². The molecule has 7 nitrogen and oxygen atoms in total. The van der Waals surface area contributed by atoms with Gasteiger partial charge in [0.2, 0.25) is 0 Å². The van der Waals surface area contributed by atoms with E-state index in [-0.39, 0.29) is 4.90 Å². The molecule has 0 aliphatic heterocycles. The zero-order chi connectivity index (χ0) is 20.1. The van der Waals surface area contributed by atoms with Crippen molar-refractivity contribution < 1.29 is 17.9 Å². The molecule has 0 aliphatic rings. The molecule has 0 radical (unpaired) electrons. The van der Waals surface area contributed by atoms with Crippen molar-refractivity contribution in [1.82, 2.24) is 4.98 Å². The highest BCUT2D eigenvalue weighted by Gasteiger charge is 2.16. The predicted molar refractivity (Wildman–Crippen MR) is 109 cm³/mol. The number of ether oxygens (including phenoxy) is 2. The van der Waals surface area contributed by atoms with Gasteiger partial charge in [0.05, 0.1) is 31.0 Å². The van der Waals surface area contributed by atoms with E-state index in [0.29, 0.717) is 17.3 Å². The van der Waals surface area contributed by atoms with E-state index >= 15 is 0 Å². The summed E-state index contributed by atoms with van der Waals surface area (Å²) in [5.74, 6) is 1.94. The van der Waals surface area contributed by atoms with Crippen LogP contribution >= 0.6 is 0 Å². The Kier molecular flexibility index (Phi) is 5.70. The van der Waals surface area contributed by atoms with Crippen molar-refractivity contribution in [2.75, 3.05) is 24.3 Å². The lowest BCUT2D eigenvalue weighted by Gasteiger charge is -2.11. The third kappa shape index (κ3) is 4.52. The maximum atomic E-state index is 12.6. The Bertz CT molecular complexity index is 1070. The lowest BCUT2D eigenvalue weighted by molar-refractivity contribution is 0.411. The van der Waals surface area contributed by atoms with Gasteiger partial charge in [-0.3, -0.25) is 4.72 Å². The third-order valence-corrected chi connectivity index (χ3v) is 5.41. The van der Waals surface area contributed by atoms with E-state index in [4.69, 9.17) is 9.47 Å². The Balaban J connectivity index is 1.73. The molecule has 0 saturated carbocycles. The van der Waals surface area contributed by atoms with Gasteiger partial charge < -0.3 is 14.8 Å². The molecule has 3 rings (SSSR count). The number of hydrogen-bond donors (Lipinski definition) is 2. The quantitative estimate of drug-likeness (QED) is 0.625. The molecule has 2 N–H and O–H groups in total. The van der Waals surface area contributed by atoms with Gasteiger partial charge in [0.15, 0.2) is 0 Å². The minimum Gasteiger partial charge on any atom is -0.497 e. The Labute approximate surface area is 164 Å². The lowest BCUT2D eigenvalue weighted by Crippen LogP contribution is -2.13. The van der Waals surface area contributed by atoms with Crippen LogP contribution in [0.4, 0.5) is 17.2 Å². The molecule has 28 heavy (non-hydrogen) atoms. The van der Waals surface area contributed by atoms with Crippen molar-refractivity contribution in [2.24, 2.45) is 0 Å². The molecule has 0 unspecified atom stereocenters. The average Bonchev–Trinajstić information content (AvgIpc) is 2.69. The third-order valence-electron chi connectivity index (χ3n) is 4.03. The topological polar surface area (TPSA) is 89.6 Å². The summed E-state index contributed by atoms with van der Waals surface area (Å²) in [5, 5.41) is 3.14. The Morgan fingerprint density at radius 2 is 1.75 bits per heavy atom. The van der Waals surface area contributed by atoms with Crippen LogP contribution in [-0.2, 0) is 10.0 Å². The van der Waals surface area contributed by atoms with E-state index in [9.17, 15) is 8.42 Å². The van der Waals surface area contributed by atoms with Gasteiger partial charge in [-0.25, -0.2) is 13.4 Å². The van der Waals surface area contributed by atoms with Crippen molar-refractivity contribution in [2.45, 2.75) is 11.8 Å². The number of sulfonamides is 1. The zero-order valence-electron chi connectivity index (χ0n) is 15.8. The molecule has 1 aromatic heterocycles. The molecule has 0 fully saturated rings. The monoisotopic (exact) mass is 399 g/mol. The second kappa shape index (κ2) is 8.18. The molecule has 3 aromatic rings. The average molecular weight is 399 g/mol. The van der Waals surface area contributed by atoms with Gasteiger partial charge in [-0.2, -0.15) is 0 Å². The first-order valence-corrected chi connectivity index (χ1v) is 9.94. The standard InChI is InChI=1S/C20H21N3O4S/c1-14-11-18(8-9-19(14)27-3)28(24,25)23-16-7-10-20(21-13-16)22-15-5-4-6-17(12-15)26-2/h4-13,23H,1-3H3,(H,21,22). The zero-order valence-corrected chi connectivity index (χ0v) is 16.6. The summed E-state index contributed by atoms with van der Waals surface area (Å²) in [5.41, 5.74) is 1.92. The van der Waals surface area contributed by atoms with Crippen LogP contribution in [0.1, 0.15) is 5.56 Å². The van der Waals surface area contributed by atoms with Crippen molar-refractivity contribution in [3.63, 3.8) is 0 Å². The molecule has 1 heterocycles. The van der Waals surface area contributed by atoms with Crippen molar-refractivity contribution in [3.05, 3.63) is 66.4 Å². The van der Waals surface area contributed by atoms with Crippen molar-refractivity contribution >= 4 is 27.2 Å². The maximum absolute atomic E-state index is 12.6. The van der Waals surface area contributed by atoms with Gasteiger partial charge >= 0.3 is 0 Å². The van der Waals surface area contributed by atoms with Crippen LogP contribution in [0.15, 0.2) is 65.7 Å². The molecule has 0 aliphatic carbocycles. The van der Waals surface area contributed by atoms with E-state index in [1.165, 1.54) is 12.3 Å². The Hall–Kier alpha value is -3.26. The summed E-state index contributed by atoms with van der Waals surface area (Å²) in [6.45, 7) is 1.79. The lowest BCUT2D eigenvalue weighted by atomic mass is 10.2. The van der Waals surface area contributed by atoms with Crippen LogP contribution in [0.3, 0.4) is 0 Å². The predicted octanol–water partition coefficient (Wildman–Crippen LogP) is 3.95. The van der Waals surface area contributed by atoms with Gasteiger partial charge in [0, 0.05) is 11.8 Å². The van der Waals surface area contributed by atoms with E-state index in [1.54, 1.807) is 45.4 Å². The number of nitrogens with zero attached hydrogens (tertiary/aromatic N) is 1. The van der Waals surface area contributed by atoms with E-state index in [0.717, 1.165) is 17.0 Å². The van der Waals surface area contributed by atoms with Gasteiger partial charge in [0.1, 0.15) is 17.3 Å². The molecular weight excluding hydrogens is 378 g/mol. The maximum Gasteiger partial charge on any atom is 0.261 e. The largest absolute Gasteiger partial charge is 0.497 e. The highest BCUT2D eigenvalue weighted by molar-refractivity contribution is 7.92. The molecule has 0 spiro atoms. The molecule has 2 aromatic carbocycles. The van der Waals surface area contributed by atoms with Crippen LogP contribution in [0.25, 0.3) is 0 Å². The van der Waals surface area contributed by atoms with Crippen molar-refractivity contribution in [1.29, 1.82) is 0 Å². The van der Waals surface area contributed by atoms with Crippen molar-refractivity contribution in [3.8, 4) is 11.5 Å². The molecule has 0 amide bonds. The van der Waals surface area contributed by atoms with Crippen LogP contribution in [0.2, 0.25) is 0 Å². The fourth-order valence-corrected chi connectivity index (χ4v) is 3.74. The summed E-state index contributed by atoms with van der Waals surface area (Å²) in [4.78, 5) is 4.41. The Morgan fingerprint density at radius 3 is 2.39 bits per heavy atom. The van der Waals surface area contributed by atoms with Gasteiger partial charge in [-0.15, -0.1) is 0 Å². The molecule has 0 atom stereocenters.